The van der Waals surface area contributed by atoms with Crippen molar-refractivity contribution in [1.29, 1.82) is 0 Å². The van der Waals surface area contributed by atoms with Gasteiger partial charge in [0, 0.05) is 6.20 Å². The molecule has 3 heteroatoms. The van der Waals surface area contributed by atoms with E-state index in [1.165, 1.54) is 12.5 Å². The van der Waals surface area contributed by atoms with Crippen molar-refractivity contribution in [2.24, 2.45) is 5.92 Å². The first-order chi connectivity index (χ1) is 7.65. The van der Waals surface area contributed by atoms with Crippen molar-refractivity contribution >= 4 is 0 Å². The SMILES string of the molecule is CNC(CCCC(C)C)c1ncccc1F. The van der Waals surface area contributed by atoms with Gasteiger partial charge in [-0.15, -0.1) is 0 Å². The van der Waals surface area contributed by atoms with Crippen LogP contribution in [0.25, 0.3) is 0 Å². The summed E-state index contributed by atoms with van der Waals surface area (Å²) in [6.07, 6.45) is 4.85. The highest BCUT2D eigenvalue weighted by Gasteiger charge is 2.14. The van der Waals surface area contributed by atoms with E-state index in [0.717, 1.165) is 12.8 Å². The Hall–Kier alpha value is -0.960. The van der Waals surface area contributed by atoms with Crippen molar-refractivity contribution in [2.45, 2.75) is 39.2 Å². The van der Waals surface area contributed by atoms with Crippen LogP contribution in [0.1, 0.15) is 44.8 Å². The molecule has 16 heavy (non-hydrogen) atoms. The van der Waals surface area contributed by atoms with Gasteiger partial charge in [-0.3, -0.25) is 4.98 Å². The summed E-state index contributed by atoms with van der Waals surface area (Å²) in [7, 11) is 1.86. The minimum atomic E-state index is -0.216. The van der Waals surface area contributed by atoms with E-state index in [2.05, 4.69) is 24.1 Å². The first-order valence-corrected chi connectivity index (χ1v) is 5.92. The number of aromatic nitrogens is 1. The molecule has 0 saturated carbocycles. The lowest BCUT2D eigenvalue weighted by Gasteiger charge is -2.16. The average molecular weight is 224 g/mol. The molecule has 1 aromatic rings. The molecule has 2 nitrogen and oxygen atoms in total. The maximum Gasteiger partial charge on any atom is 0.146 e. The fourth-order valence-electron chi connectivity index (χ4n) is 1.80. The third-order valence-corrected chi connectivity index (χ3v) is 2.74. The lowest BCUT2D eigenvalue weighted by molar-refractivity contribution is 0.447. The first kappa shape index (κ1) is 13.1. The fourth-order valence-corrected chi connectivity index (χ4v) is 1.80. The van der Waals surface area contributed by atoms with Crippen molar-refractivity contribution in [3.63, 3.8) is 0 Å². The number of hydrogen-bond donors (Lipinski definition) is 1. The van der Waals surface area contributed by atoms with Crippen molar-refractivity contribution in [3.05, 3.63) is 29.8 Å². The Bertz CT molecular complexity index is 313. The molecule has 1 aromatic heterocycles. The Kier molecular flexibility index (Phi) is 5.39. The minimum absolute atomic E-state index is 0.0277. The zero-order valence-electron chi connectivity index (χ0n) is 10.3. The minimum Gasteiger partial charge on any atom is -0.312 e. The van der Waals surface area contributed by atoms with Crippen LogP contribution < -0.4 is 5.32 Å². The zero-order chi connectivity index (χ0) is 12.0. The van der Waals surface area contributed by atoms with Gasteiger partial charge < -0.3 is 5.32 Å². The molecule has 1 N–H and O–H groups in total. The highest BCUT2D eigenvalue weighted by atomic mass is 19.1. The average Bonchev–Trinajstić information content (AvgIpc) is 2.25. The molecule has 0 radical (unpaired) electrons. The second-order valence-electron chi connectivity index (χ2n) is 4.54. The molecule has 1 heterocycles. The lowest BCUT2D eigenvalue weighted by Crippen LogP contribution is -2.19. The maximum absolute atomic E-state index is 13.5. The van der Waals surface area contributed by atoms with E-state index >= 15 is 0 Å². The molecule has 0 fully saturated rings. The van der Waals surface area contributed by atoms with Crippen LogP contribution >= 0.6 is 0 Å². The molecule has 0 aliphatic heterocycles. The van der Waals surface area contributed by atoms with Crippen molar-refractivity contribution in [2.75, 3.05) is 7.05 Å². The van der Waals surface area contributed by atoms with E-state index in [0.29, 0.717) is 11.6 Å². The van der Waals surface area contributed by atoms with E-state index in [4.69, 9.17) is 0 Å². The Labute approximate surface area is 97.3 Å². The summed E-state index contributed by atoms with van der Waals surface area (Å²) in [5.74, 6) is 0.484. The van der Waals surface area contributed by atoms with Gasteiger partial charge >= 0.3 is 0 Å². The second-order valence-corrected chi connectivity index (χ2v) is 4.54. The molecule has 0 saturated heterocycles. The summed E-state index contributed by atoms with van der Waals surface area (Å²) in [6, 6.07) is 3.12. The summed E-state index contributed by atoms with van der Waals surface area (Å²) in [5, 5.41) is 3.13. The predicted molar refractivity (Wildman–Crippen MR) is 64.7 cm³/mol. The van der Waals surface area contributed by atoms with E-state index in [1.807, 2.05) is 7.05 Å². The molecule has 0 aliphatic rings. The Morgan fingerprint density at radius 3 is 2.69 bits per heavy atom. The number of pyridine rings is 1. The van der Waals surface area contributed by atoms with Gasteiger partial charge in [-0.1, -0.05) is 26.7 Å². The van der Waals surface area contributed by atoms with Crippen LogP contribution in [0.4, 0.5) is 4.39 Å². The third-order valence-electron chi connectivity index (χ3n) is 2.74. The van der Waals surface area contributed by atoms with Gasteiger partial charge in [-0.2, -0.15) is 0 Å². The molecule has 1 rings (SSSR count). The van der Waals surface area contributed by atoms with E-state index in [1.54, 1.807) is 12.3 Å². The Morgan fingerprint density at radius 2 is 2.12 bits per heavy atom. The summed E-state index contributed by atoms with van der Waals surface area (Å²) >= 11 is 0. The summed E-state index contributed by atoms with van der Waals surface area (Å²) in [6.45, 7) is 4.41. The number of nitrogens with one attached hydrogen (secondary N) is 1. The molecule has 0 aromatic carbocycles. The van der Waals surface area contributed by atoms with Crippen LogP contribution in [0.3, 0.4) is 0 Å². The van der Waals surface area contributed by atoms with Crippen LogP contribution in [-0.4, -0.2) is 12.0 Å². The van der Waals surface area contributed by atoms with Gasteiger partial charge in [0.25, 0.3) is 0 Å². The summed E-state index contributed by atoms with van der Waals surface area (Å²) in [5.41, 5.74) is 0.536. The number of rotatable bonds is 6. The normalized spacial score (nSPS) is 13.1. The zero-order valence-corrected chi connectivity index (χ0v) is 10.3. The van der Waals surface area contributed by atoms with E-state index < -0.39 is 0 Å². The molecular weight excluding hydrogens is 203 g/mol. The largest absolute Gasteiger partial charge is 0.312 e. The van der Waals surface area contributed by atoms with Crippen LogP contribution in [0.2, 0.25) is 0 Å². The molecule has 1 unspecified atom stereocenters. The van der Waals surface area contributed by atoms with Gasteiger partial charge in [-0.05, 0) is 31.5 Å². The van der Waals surface area contributed by atoms with Crippen LogP contribution in [0.15, 0.2) is 18.3 Å². The molecule has 1 atom stereocenters. The number of halogens is 1. The van der Waals surface area contributed by atoms with E-state index in [-0.39, 0.29) is 11.9 Å². The Balaban J connectivity index is 2.57. The van der Waals surface area contributed by atoms with Gasteiger partial charge in [0.1, 0.15) is 5.82 Å². The summed E-state index contributed by atoms with van der Waals surface area (Å²) in [4.78, 5) is 4.11. The molecule has 90 valence electrons. The molecule has 0 amide bonds. The highest BCUT2D eigenvalue weighted by molar-refractivity contribution is 5.11. The summed E-state index contributed by atoms with van der Waals surface area (Å²) < 4.78 is 13.5. The lowest BCUT2D eigenvalue weighted by atomic mass is 10.0. The smallest absolute Gasteiger partial charge is 0.146 e. The third kappa shape index (κ3) is 3.89. The van der Waals surface area contributed by atoms with Crippen LogP contribution in [0.5, 0.6) is 0 Å². The molecule has 0 aliphatic carbocycles. The highest BCUT2D eigenvalue weighted by Crippen LogP contribution is 2.20. The van der Waals surface area contributed by atoms with Gasteiger partial charge in [0.15, 0.2) is 0 Å². The second kappa shape index (κ2) is 6.59. The van der Waals surface area contributed by atoms with Crippen molar-refractivity contribution < 1.29 is 4.39 Å². The van der Waals surface area contributed by atoms with Crippen molar-refractivity contribution in [1.82, 2.24) is 10.3 Å². The quantitative estimate of drug-likeness (QED) is 0.802. The predicted octanol–water partition coefficient (Wildman–Crippen LogP) is 3.31. The van der Waals surface area contributed by atoms with E-state index in [9.17, 15) is 4.39 Å². The van der Waals surface area contributed by atoms with Gasteiger partial charge in [-0.25, -0.2) is 4.39 Å². The number of hydrogen-bond acceptors (Lipinski definition) is 2. The standard InChI is InChI=1S/C13H21FN2/c1-10(2)6-4-8-12(15-3)13-11(14)7-5-9-16-13/h5,7,9-10,12,15H,4,6,8H2,1-3H3. The molecular formula is C13H21FN2. The Morgan fingerprint density at radius 1 is 1.38 bits per heavy atom. The first-order valence-electron chi connectivity index (χ1n) is 5.92. The monoisotopic (exact) mass is 224 g/mol. The van der Waals surface area contributed by atoms with Crippen LogP contribution in [-0.2, 0) is 0 Å². The number of nitrogens with zero attached hydrogens (tertiary/aromatic N) is 1. The fraction of sp³-hybridized carbons (Fsp3) is 0.615. The van der Waals surface area contributed by atoms with Crippen LogP contribution in [0, 0.1) is 11.7 Å². The maximum atomic E-state index is 13.5. The topological polar surface area (TPSA) is 24.9 Å². The molecule has 0 bridgehead atoms. The van der Waals surface area contributed by atoms with Gasteiger partial charge in [0.2, 0.25) is 0 Å². The van der Waals surface area contributed by atoms with Crippen molar-refractivity contribution in [3.8, 4) is 0 Å². The van der Waals surface area contributed by atoms with Gasteiger partial charge in [0.05, 0.1) is 11.7 Å². The molecule has 0 spiro atoms.